The Hall–Kier alpha value is -0.0800. The molecule has 0 spiro atoms. The molecule has 2 heteroatoms. The van der Waals surface area contributed by atoms with E-state index < -0.39 is 0 Å². The van der Waals surface area contributed by atoms with Crippen molar-refractivity contribution in [2.24, 2.45) is 5.41 Å². The van der Waals surface area contributed by atoms with Crippen LogP contribution >= 0.6 is 0 Å². The lowest BCUT2D eigenvalue weighted by Gasteiger charge is -2.37. The van der Waals surface area contributed by atoms with Crippen molar-refractivity contribution in [3.63, 3.8) is 0 Å². The van der Waals surface area contributed by atoms with Crippen LogP contribution in [0.2, 0.25) is 0 Å². The van der Waals surface area contributed by atoms with Gasteiger partial charge in [0.2, 0.25) is 0 Å². The van der Waals surface area contributed by atoms with Gasteiger partial charge in [-0.2, -0.15) is 0 Å². The van der Waals surface area contributed by atoms with Crippen molar-refractivity contribution in [1.82, 2.24) is 0 Å². The third-order valence-electron chi connectivity index (χ3n) is 1.56. The van der Waals surface area contributed by atoms with Gasteiger partial charge in [0.15, 0.2) is 0 Å². The molecule has 0 atom stereocenters. The van der Waals surface area contributed by atoms with Crippen LogP contribution in [0.3, 0.4) is 0 Å². The molecule has 2 nitrogen and oxygen atoms in total. The Balaban J connectivity index is 0. The lowest BCUT2D eigenvalue weighted by atomic mass is 9.90. The predicted octanol–water partition coefficient (Wildman–Crippen LogP) is 3.11. The van der Waals surface area contributed by atoms with E-state index in [2.05, 4.69) is 6.92 Å². The van der Waals surface area contributed by atoms with E-state index in [0.29, 0.717) is 5.41 Å². The standard InChI is InChI=1S/C7H14O2.2C2H6/c1-3-8-4-7(2)5-9-6-7;2*1-2/h3-6H2,1-2H3;2*1-2H3. The Morgan fingerprint density at radius 3 is 1.85 bits per heavy atom. The quantitative estimate of drug-likeness (QED) is 0.681. The van der Waals surface area contributed by atoms with E-state index in [1.54, 1.807) is 0 Å². The largest absolute Gasteiger partial charge is 0.381 e. The van der Waals surface area contributed by atoms with Crippen molar-refractivity contribution in [3.8, 4) is 0 Å². The smallest absolute Gasteiger partial charge is 0.0564 e. The van der Waals surface area contributed by atoms with Crippen LogP contribution in [0.5, 0.6) is 0 Å². The van der Waals surface area contributed by atoms with Gasteiger partial charge in [0.1, 0.15) is 0 Å². The average Bonchev–Trinajstić information content (AvgIpc) is 2.18. The summed E-state index contributed by atoms with van der Waals surface area (Å²) in [5, 5.41) is 0. The van der Waals surface area contributed by atoms with E-state index in [0.717, 1.165) is 26.4 Å². The highest BCUT2D eigenvalue weighted by atomic mass is 16.5. The van der Waals surface area contributed by atoms with Gasteiger partial charge in [-0.25, -0.2) is 0 Å². The molecule has 1 rings (SSSR count). The first kappa shape index (κ1) is 15.4. The third-order valence-corrected chi connectivity index (χ3v) is 1.56. The van der Waals surface area contributed by atoms with Crippen LogP contribution in [0.1, 0.15) is 41.5 Å². The zero-order valence-electron chi connectivity index (χ0n) is 10.1. The van der Waals surface area contributed by atoms with Crippen LogP contribution in [0.4, 0.5) is 0 Å². The van der Waals surface area contributed by atoms with E-state index in [9.17, 15) is 0 Å². The molecule has 1 fully saturated rings. The third kappa shape index (κ3) is 7.03. The lowest BCUT2D eigenvalue weighted by molar-refractivity contribution is -0.136. The molecular weight excluding hydrogens is 164 g/mol. The van der Waals surface area contributed by atoms with E-state index in [-0.39, 0.29) is 0 Å². The van der Waals surface area contributed by atoms with Crippen LogP contribution < -0.4 is 0 Å². The van der Waals surface area contributed by atoms with E-state index in [1.807, 2.05) is 34.6 Å². The van der Waals surface area contributed by atoms with Crippen LogP contribution in [-0.2, 0) is 9.47 Å². The topological polar surface area (TPSA) is 18.5 Å². The first-order valence-corrected chi connectivity index (χ1v) is 5.42. The molecule has 0 radical (unpaired) electrons. The first-order valence-electron chi connectivity index (χ1n) is 5.42. The van der Waals surface area contributed by atoms with Crippen molar-refractivity contribution in [1.29, 1.82) is 0 Å². The van der Waals surface area contributed by atoms with Gasteiger partial charge in [-0.05, 0) is 6.92 Å². The Morgan fingerprint density at radius 2 is 1.62 bits per heavy atom. The molecule has 0 amide bonds. The molecule has 13 heavy (non-hydrogen) atoms. The lowest BCUT2D eigenvalue weighted by Crippen LogP contribution is -2.43. The second-order valence-corrected chi connectivity index (χ2v) is 2.94. The van der Waals surface area contributed by atoms with Crippen molar-refractivity contribution < 1.29 is 9.47 Å². The Labute approximate surface area is 83.6 Å². The molecule has 0 aromatic rings. The summed E-state index contributed by atoms with van der Waals surface area (Å²) in [6.45, 7) is 15.6. The second-order valence-electron chi connectivity index (χ2n) is 2.94. The van der Waals surface area contributed by atoms with E-state index >= 15 is 0 Å². The van der Waals surface area contributed by atoms with Crippen molar-refractivity contribution in [2.75, 3.05) is 26.4 Å². The molecule has 0 aromatic heterocycles. The summed E-state index contributed by atoms with van der Waals surface area (Å²) >= 11 is 0. The monoisotopic (exact) mass is 190 g/mol. The Kier molecular flexibility index (Phi) is 11.8. The maximum atomic E-state index is 5.26. The van der Waals surface area contributed by atoms with Crippen molar-refractivity contribution in [2.45, 2.75) is 41.5 Å². The predicted molar refractivity (Wildman–Crippen MR) is 58.1 cm³/mol. The minimum Gasteiger partial charge on any atom is -0.381 e. The summed E-state index contributed by atoms with van der Waals surface area (Å²) in [6.07, 6.45) is 0. The number of hydrogen-bond donors (Lipinski definition) is 0. The van der Waals surface area contributed by atoms with E-state index in [1.165, 1.54) is 0 Å². The summed E-state index contributed by atoms with van der Waals surface area (Å²) in [6, 6.07) is 0. The zero-order valence-corrected chi connectivity index (χ0v) is 10.1. The highest BCUT2D eigenvalue weighted by Crippen LogP contribution is 2.26. The van der Waals surface area contributed by atoms with Gasteiger partial charge in [-0.3, -0.25) is 0 Å². The molecule has 0 aromatic carbocycles. The Morgan fingerprint density at radius 1 is 1.15 bits per heavy atom. The fourth-order valence-electron chi connectivity index (χ4n) is 0.882. The molecule has 82 valence electrons. The highest BCUT2D eigenvalue weighted by molar-refractivity contribution is 4.79. The number of hydrogen-bond acceptors (Lipinski definition) is 2. The minimum absolute atomic E-state index is 0.329. The van der Waals surface area contributed by atoms with Gasteiger partial charge in [-0.1, -0.05) is 34.6 Å². The van der Waals surface area contributed by atoms with Gasteiger partial charge in [0.05, 0.1) is 19.8 Å². The van der Waals surface area contributed by atoms with Crippen LogP contribution in [0.25, 0.3) is 0 Å². The van der Waals surface area contributed by atoms with Crippen LogP contribution in [0.15, 0.2) is 0 Å². The maximum absolute atomic E-state index is 5.26. The molecule has 1 saturated heterocycles. The van der Waals surface area contributed by atoms with Gasteiger partial charge in [-0.15, -0.1) is 0 Å². The molecular formula is C11H26O2. The minimum atomic E-state index is 0.329. The van der Waals surface area contributed by atoms with E-state index in [4.69, 9.17) is 9.47 Å². The summed E-state index contributed by atoms with van der Waals surface area (Å²) in [4.78, 5) is 0. The Bertz CT molecular complexity index is 88.1. The maximum Gasteiger partial charge on any atom is 0.0564 e. The first-order chi connectivity index (χ1) is 6.27. The second kappa shape index (κ2) is 10.0. The van der Waals surface area contributed by atoms with Crippen LogP contribution in [0, 0.1) is 5.41 Å². The fourth-order valence-corrected chi connectivity index (χ4v) is 0.882. The number of ether oxygens (including phenoxy) is 2. The average molecular weight is 190 g/mol. The molecule has 1 heterocycles. The molecule has 0 bridgehead atoms. The zero-order chi connectivity index (χ0) is 10.7. The van der Waals surface area contributed by atoms with Gasteiger partial charge in [0, 0.05) is 12.0 Å². The SMILES string of the molecule is CC.CC.CCOCC1(C)COC1. The fraction of sp³-hybridized carbons (Fsp3) is 1.00. The molecule has 0 saturated carbocycles. The van der Waals surface area contributed by atoms with Crippen LogP contribution in [-0.4, -0.2) is 26.4 Å². The molecule has 1 aliphatic heterocycles. The van der Waals surface area contributed by atoms with Gasteiger partial charge < -0.3 is 9.47 Å². The normalized spacial score (nSPS) is 17.1. The summed E-state index contributed by atoms with van der Waals surface area (Å²) in [7, 11) is 0. The van der Waals surface area contributed by atoms with Crippen molar-refractivity contribution >= 4 is 0 Å². The molecule has 0 N–H and O–H groups in total. The highest BCUT2D eigenvalue weighted by Gasteiger charge is 2.33. The van der Waals surface area contributed by atoms with Gasteiger partial charge in [0.25, 0.3) is 0 Å². The molecule has 1 aliphatic rings. The summed E-state index contributed by atoms with van der Waals surface area (Å²) in [5.41, 5.74) is 0.329. The summed E-state index contributed by atoms with van der Waals surface area (Å²) < 4.78 is 10.3. The number of rotatable bonds is 3. The summed E-state index contributed by atoms with van der Waals surface area (Å²) in [5.74, 6) is 0. The molecule has 0 unspecified atom stereocenters. The molecule has 0 aliphatic carbocycles. The van der Waals surface area contributed by atoms with Gasteiger partial charge >= 0.3 is 0 Å². The van der Waals surface area contributed by atoms with Crippen molar-refractivity contribution in [3.05, 3.63) is 0 Å².